The summed E-state index contributed by atoms with van der Waals surface area (Å²) in [5.74, 6) is 0. The van der Waals surface area contributed by atoms with Gasteiger partial charge in [-0.05, 0) is 12.8 Å². The zero-order valence-corrected chi connectivity index (χ0v) is 15.0. The molecule has 21 heavy (non-hydrogen) atoms. The van der Waals surface area contributed by atoms with Gasteiger partial charge in [0.2, 0.25) is 0 Å². The molecule has 0 aliphatic carbocycles. The molecule has 1 N–H and O–H groups in total. The Kier molecular flexibility index (Phi) is 33.0. The van der Waals surface area contributed by atoms with Crippen LogP contribution in [-0.4, -0.2) is 44.3 Å². The standard InChI is InChI=1S/C3H6Br2.C3H6N2O6.Ag.HNO3/c4-2-1-3-5;6-4(7)10-2-1-3-11-5(8)9;;2-1(3)4/h1-3H2;1-3H2;;(H,2,3,4). The quantitative estimate of drug-likeness (QED) is 0.159. The molecule has 0 atom stereocenters. The van der Waals surface area contributed by atoms with Crippen molar-refractivity contribution >= 4 is 31.9 Å². The molecule has 0 aromatic carbocycles. The zero-order valence-electron chi connectivity index (χ0n) is 10.4. The molecule has 0 heterocycles. The predicted octanol–water partition coefficient (Wildman–Crippen LogP) is 1.61. The molecule has 0 amide bonds. The molecule has 0 unspecified atom stereocenters. The van der Waals surface area contributed by atoms with Gasteiger partial charge >= 0.3 is 0 Å². The van der Waals surface area contributed by atoms with Crippen LogP contribution < -0.4 is 0 Å². The normalized spacial score (nSPS) is 7.71. The van der Waals surface area contributed by atoms with Crippen molar-refractivity contribution in [3.8, 4) is 0 Å². The van der Waals surface area contributed by atoms with Crippen LogP contribution in [-0.2, 0) is 32.1 Å². The number of halogens is 2. The molecule has 0 aromatic heterocycles. The first-order valence-electron chi connectivity index (χ1n) is 4.77. The molecule has 0 rings (SSSR count). The molecule has 12 nitrogen and oxygen atoms in total. The SMILES string of the molecule is BrCCCBr.O=[N+]([O-])O.O=[N+]([O-])OCCCO[N+](=O)[O-].[Ag]. The Morgan fingerprint density at radius 3 is 1.29 bits per heavy atom. The van der Waals surface area contributed by atoms with Crippen molar-refractivity contribution in [2.75, 3.05) is 23.9 Å². The fraction of sp³-hybridized carbons (Fsp3) is 1.00. The van der Waals surface area contributed by atoms with Gasteiger partial charge < -0.3 is 14.9 Å². The van der Waals surface area contributed by atoms with E-state index in [1.54, 1.807) is 0 Å². The van der Waals surface area contributed by atoms with Crippen molar-refractivity contribution in [3.05, 3.63) is 30.3 Å². The largest absolute Gasteiger partial charge is 0.328 e. The maximum absolute atomic E-state index is 9.50. The maximum atomic E-state index is 9.50. The molecule has 0 aliphatic heterocycles. The topological polar surface area (TPSA) is 168 Å². The monoisotopic (exact) mass is 536 g/mol. The Labute approximate surface area is 151 Å². The average Bonchev–Trinajstić information content (AvgIpc) is 2.28. The van der Waals surface area contributed by atoms with E-state index in [0.717, 1.165) is 10.7 Å². The Balaban J connectivity index is -0.000000121. The van der Waals surface area contributed by atoms with E-state index < -0.39 is 15.3 Å². The van der Waals surface area contributed by atoms with E-state index in [2.05, 4.69) is 41.5 Å². The van der Waals surface area contributed by atoms with Crippen molar-refractivity contribution in [2.24, 2.45) is 0 Å². The molecule has 0 bridgehead atoms. The number of hydrogen-bond acceptors (Lipinski definition) is 8. The number of hydrogen-bond donors (Lipinski definition) is 1. The van der Waals surface area contributed by atoms with E-state index >= 15 is 0 Å². The molecular weight excluding hydrogens is 526 g/mol. The van der Waals surface area contributed by atoms with Crippen LogP contribution in [0.25, 0.3) is 0 Å². The fourth-order valence-corrected chi connectivity index (χ4v) is 1.70. The minimum absolute atomic E-state index is 0. The van der Waals surface area contributed by atoms with Crippen LogP contribution in [0, 0.1) is 30.3 Å². The summed E-state index contributed by atoms with van der Waals surface area (Å²) in [6, 6.07) is 0. The smallest absolute Gasteiger partial charge is 0.294 e. The van der Waals surface area contributed by atoms with Gasteiger partial charge in [-0.25, -0.2) is 0 Å². The van der Waals surface area contributed by atoms with Gasteiger partial charge in [-0.15, -0.1) is 30.3 Å². The number of alkyl halides is 2. The van der Waals surface area contributed by atoms with E-state index in [9.17, 15) is 20.2 Å². The summed E-state index contributed by atoms with van der Waals surface area (Å²) >= 11 is 6.56. The molecular formula is C6H13AgBr2N3O9. The van der Waals surface area contributed by atoms with Gasteiger partial charge in [0.1, 0.15) is 0 Å². The number of nitrogens with zero attached hydrogens (tertiary/aromatic N) is 3. The first-order valence-corrected chi connectivity index (χ1v) is 7.02. The molecule has 0 fully saturated rings. The van der Waals surface area contributed by atoms with Crippen LogP contribution in [0.2, 0.25) is 0 Å². The van der Waals surface area contributed by atoms with Crippen molar-refractivity contribution in [3.63, 3.8) is 0 Å². The fourth-order valence-electron chi connectivity index (χ4n) is 0.388. The van der Waals surface area contributed by atoms with Crippen LogP contribution in [0.15, 0.2) is 0 Å². The Morgan fingerprint density at radius 2 is 1.14 bits per heavy atom. The third-order valence-corrected chi connectivity index (χ3v) is 2.07. The molecule has 0 spiro atoms. The van der Waals surface area contributed by atoms with E-state index in [1.165, 1.54) is 6.42 Å². The van der Waals surface area contributed by atoms with Crippen LogP contribution >= 0.6 is 31.9 Å². The summed E-state index contributed by atoms with van der Waals surface area (Å²) in [5, 5.41) is 32.9. The summed E-state index contributed by atoms with van der Waals surface area (Å²) in [6.07, 6.45) is 1.34. The molecule has 0 aromatic rings. The van der Waals surface area contributed by atoms with Gasteiger partial charge in [-0.2, -0.15) is 0 Å². The average molecular weight is 539 g/mol. The molecule has 15 heteroatoms. The molecule has 1 radical (unpaired) electrons. The Morgan fingerprint density at radius 1 is 0.857 bits per heavy atom. The van der Waals surface area contributed by atoms with E-state index in [-0.39, 0.29) is 42.0 Å². The third kappa shape index (κ3) is 66.8. The Hall–Kier alpha value is -0.700. The predicted molar refractivity (Wildman–Crippen MR) is 71.5 cm³/mol. The summed E-state index contributed by atoms with van der Waals surface area (Å²) in [7, 11) is 0. The van der Waals surface area contributed by atoms with Gasteiger partial charge in [0, 0.05) is 33.0 Å². The van der Waals surface area contributed by atoms with Crippen molar-refractivity contribution in [1.29, 1.82) is 0 Å². The van der Waals surface area contributed by atoms with Crippen LogP contribution in [0.3, 0.4) is 0 Å². The molecule has 0 aliphatic rings. The van der Waals surface area contributed by atoms with Crippen LogP contribution in [0.4, 0.5) is 0 Å². The molecule has 0 saturated carbocycles. The van der Waals surface area contributed by atoms with E-state index in [0.29, 0.717) is 0 Å². The van der Waals surface area contributed by atoms with Gasteiger partial charge in [0.15, 0.2) is 0 Å². The molecule has 0 saturated heterocycles. The van der Waals surface area contributed by atoms with Crippen molar-refractivity contribution in [2.45, 2.75) is 12.8 Å². The summed E-state index contributed by atoms with van der Waals surface area (Å²) in [6.45, 7) is -0.387. The first-order chi connectivity index (χ1) is 9.27. The second kappa shape index (κ2) is 24.3. The van der Waals surface area contributed by atoms with Crippen molar-refractivity contribution < 1.29 is 52.5 Å². The van der Waals surface area contributed by atoms with Gasteiger partial charge in [-0.1, -0.05) is 31.9 Å². The molecule has 131 valence electrons. The maximum Gasteiger partial charge on any atom is 0.294 e. The zero-order chi connectivity index (χ0) is 16.4. The minimum atomic E-state index is -1.50. The number of rotatable bonds is 8. The van der Waals surface area contributed by atoms with Gasteiger partial charge in [0.05, 0.1) is 13.2 Å². The van der Waals surface area contributed by atoms with E-state index in [1.807, 2.05) is 0 Å². The summed E-state index contributed by atoms with van der Waals surface area (Å²) < 4.78 is 0. The van der Waals surface area contributed by atoms with Crippen LogP contribution in [0.1, 0.15) is 12.8 Å². The van der Waals surface area contributed by atoms with E-state index in [4.69, 9.17) is 15.3 Å². The second-order valence-electron chi connectivity index (χ2n) is 2.44. The van der Waals surface area contributed by atoms with Gasteiger partial charge in [0.25, 0.3) is 15.3 Å². The van der Waals surface area contributed by atoms with Gasteiger partial charge in [-0.3, -0.25) is 0 Å². The second-order valence-corrected chi connectivity index (χ2v) is 4.02. The Bertz CT molecular complexity index is 252. The summed E-state index contributed by atoms with van der Waals surface area (Å²) in [4.78, 5) is 35.1. The summed E-state index contributed by atoms with van der Waals surface area (Å²) in [5.41, 5.74) is 0. The first kappa shape index (κ1) is 28.5. The van der Waals surface area contributed by atoms with Crippen LogP contribution in [0.5, 0.6) is 0 Å². The third-order valence-electron chi connectivity index (χ3n) is 0.949. The minimum Gasteiger partial charge on any atom is -0.328 e. The van der Waals surface area contributed by atoms with Crippen molar-refractivity contribution in [1.82, 2.24) is 0 Å².